The average Bonchev–Trinajstić information content (AvgIpc) is 2.38. The molecule has 0 aliphatic rings. The molecule has 0 unspecified atom stereocenters. The van der Waals surface area contributed by atoms with Gasteiger partial charge < -0.3 is 0 Å². The Morgan fingerprint density at radius 3 is 2.79 bits per heavy atom. The van der Waals surface area contributed by atoms with Crippen molar-refractivity contribution in [2.24, 2.45) is 5.11 Å². The molecule has 0 bridgehead atoms. The minimum atomic E-state index is -0.807. The van der Waals surface area contributed by atoms with Crippen LogP contribution in [0.3, 0.4) is 0 Å². The highest BCUT2D eigenvalue weighted by molar-refractivity contribution is 5.95. The molecule has 2 rings (SSSR count). The number of carbonyl (C=O) groups is 1. The Kier molecular flexibility index (Phi) is 3.54. The second kappa shape index (κ2) is 5.29. The molecule has 94 valence electrons. The molecule has 0 radical (unpaired) electrons. The Morgan fingerprint density at radius 2 is 2.16 bits per heavy atom. The van der Waals surface area contributed by atoms with Crippen molar-refractivity contribution in [3.8, 4) is 11.1 Å². The topological polar surface area (TPSA) is 78.7 Å². The van der Waals surface area contributed by atoms with E-state index >= 15 is 0 Å². The summed E-state index contributed by atoms with van der Waals surface area (Å²) in [6.07, 6.45) is 1.59. The standard InChI is InChI=1S/C13H9FN4O/c1-8-6-9(4-5-16-8)11-3-2-10(7-12(11)14)13(19)17-18-15/h2-7H,1H3. The molecule has 0 saturated carbocycles. The fourth-order valence-corrected chi connectivity index (χ4v) is 1.69. The average molecular weight is 256 g/mol. The lowest BCUT2D eigenvalue weighted by Gasteiger charge is -2.05. The highest BCUT2D eigenvalue weighted by Gasteiger charge is 2.10. The van der Waals surface area contributed by atoms with Crippen LogP contribution in [0.5, 0.6) is 0 Å². The van der Waals surface area contributed by atoms with Crippen LogP contribution in [0.4, 0.5) is 4.39 Å². The summed E-state index contributed by atoms with van der Waals surface area (Å²) in [4.78, 5) is 17.7. The van der Waals surface area contributed by atoms with Crippen molar-refractivity contribution in [1.82, 2.24) is 4.98 Å². The number of carbonyl (C=O) groups excluding carboxylic acids is 1. The highest BCUT2D eigenvalue weighted by Crippen LogP contribution is 2.24. The lowest BCUT2D eigenvalue weighted by Crippen LogP contribution is -1.96. The molecule has 1 amide bonds. The molecule has 1 aromatic carbocycles. The molecule has 1 heterocycles. The van der Waals surface area contributed by atoms with E-state index in [0.717, 1.165) is 11.8 Å². The van der Waals surface area contributed by atoms with E-state index in [1.807, 2.05) is 0 Å². The zero-order valence-corrected chi connectivity index (χ0v) is 10.0. The van der Waals surface area contributed by atoms with E-state index in [0.29, 0.717) is 11.1 Å². The summed E-state index contributed by atoms with van der Waals surface area (Å²) in [7, 11) is 0. The quantitative estimate of drug-likeness (QED) is 0.467. The monoisotopic (exact) mass is 256 g/mol. The molecule has 19 heavy (non-hydrogen) atoms. The summed E-state index contributed by atoms with van der Waals surface area (Å²) in [5, 5.41) is 2.92. The van der Waals surface area contributed by atoms with E-state index in [-0.39, 0.29) is 5.56 Å². The van der Waals surface area contributed by atoms with Crippen LogP contribution in [0.2, 0.25) is 0 Å². The fourth-order valence-electron chi connectivity index (χ4n) is 1.69. The molecule has 0 N–H and O–H groups in total. The van der Waals surface area contributed by atoms with Gasteiger partial charge in [-0.15, -0.1) is 0 Å². The number of benzene rings is 1. The summed E-state index contributed by atoms with van der Waals surface area (Å²) in [6.45, 7) is 1.81. The predicted molar refractivity (Wildman–Crippen MR) is 67.8 cm³/mol. The first kappa shape index (κ1) is 12.7. The largest absolute Gasteiger partial charge is 0.287 e. The zero-order valence-electron chi connectivity index (χ0n) is 10.0. The van der Waals surface area contributed by atoms with Crippen molar-refractivity contribution in [2.75, 3.05) is 0 Å². The van der Waals surface area contributed by atoms with Crippen LogP contribution < -0.4 is 0 Å². The lowest BCUT2D eigenvalue weighted by atomic mass is 10.0. The van der Waals surface area contributed by atoms with Gasteiger partial charge in [0.2, 0.25) is 5.91 Å². The van der Waals surface area contributed by atoms with Gasteiger partial charge in [0.05, 0.1) is 0 Å². The van der Waals surface area contributed by atoms with Crippen LogP contribution in [-0.4, -0.2) is 10.9 Å². The molecule has 0 spiro atoms. The summed E-state index contributed by atoms with van der Waals surface area (Å²) >= 11 is 0. The second-order valence-electron chi connectivity index (χ2n) is 3.88. The maximum absolute atomic E-state index is 14.0. The van der Waals surface area contributed by atoms with Gasteiger partial charge in [-0.2, -0.15) is 0 Å². The van der Waals surface area contributed by atoms with Gasteiger partial charge >= 0.3 is 0 Å². The van der Waals surface area contributed by atoms with Gasteiger partial charge in [0.1, 0.15) is 5.82 Å². The number of aryl methyl sites for hydroxylation is 1. The third-order valence-electron chi connectivity index (χ3n) is 2.56. The maximum Gasteiger partial charge on any atom is 0.249 e. The summed E-state index contributed by atoms with van der Waals surface area (Å²) < 4.78 is 14.0. The molecular formula is C13H9FN4O. The van der Waals surface area contributed by atoms with Gasteiger partial charge in [-0.25, -0.2) is 4.39 Å². The van der Waals surface area contributed by atoms with Gasteiger partial charge in [-0.3, -0.25) is 9.78 Å². The van der Waals surface area contributed by atoms with Gasteiger partial charge in [0.15, 0.2) is 0 Å². The van der Waals surface area contributed by atoms with Crippen LogP contribution in [0, 0.1) is 12.7 Å². The van der Waals surface area contributed by atoms with E-state index in [1.54, 1.807) is 25.3 Å². The molecule has 1 aromatic heterocycles. The number of halogens is 1. The SMILES string of the molecule is Cc1cc(-c2ccc(C(=O)N=[N+]=[N-])cc2F)ccn1. The van der Waals surface area contributed by atoms with Crippen LogP contribution in [0.25, 0.3) is 21.6 Å². The molecule has 5 nitrogen and oxygen atoms in total. The van der Waals surface area contributed by atoms with Crippen molar-refractivity contribution in [1.29, 1.82) is 0 Å². The smallest absolute Gasteiger partial charge is 0.249 e. The van der Waals surface area contributed by atoms with Crippen LogP contribution in [0.15, 0.2) is 41.6 Å². The van der Waals surface area contributed by atoms with Gasteiger partial charge in [-0.1, -0.05) is 12.1 Å². The van der Waals surface area contributed by atoms with Crippen molar-refractivity contribution in [2.45, 2.75) is 6.92 Å². The molecule has 0 aliphatic heterocycles. The van der Waals surface area contributed by atoms with Crippen LogP contribution in [-0.2, 0) is 0 Å². The number of rotatable bonds is 2. The van der Waals surface area contributed by atoms with Gasteiger partial charge in [-0.05, 0) is 41.3 Å². The summed E-state index contributed by atoms with van der Waals surface area (Å²) in [6, 6.07) is 7.38. The fraction of sp³-hybridized carbons (Fsp3) is 0.0769. The Bertz CT molecular complexity index is 693. The zero-order chi connectivity index (χ0) is 13.8. The molecule has 0 fully saturated rings. The van der Waals surface area contributed by atoms with E-state index in [1.165, 1.54) is 12.1 Å². The Hall–Kier alpha value is -2.72. The lowest BCUT2D eigenvalue weighted by molar-refractivity contribution is 0.1000. The number of aromatic nitrogens is 1. The number of pyridine rings is 1. The third kappa shape index (κ3) is 2.75. The Labute approximate surface area is 108 Å². The number of amides is 1. The number of nitrogens with zero attached hydrogens (tertiary/aromatic N) is 4. The summed E-state index contributed by atoms with van der Waals surface area (Å²) in [5.41, 5.74) is 9.99. The minimum Gasteiger partial charge on any atom is -0.287 e. The number of hydrogen-bond donors (Lipinski definition) is 0. The molecule has 0 atom stereocenters. The van der Waals surface area contributed by atoms with Crippen molar-refractivity contribution < 1.29 is 9.18 Å². The first-order chi connectivity index (χ1) is 9.11. The van der Waals surface area contributed by atoms with Gasteiger partial charge in [0.25, 0.3) is 0 Å². The second-order valence-corrected chi connectivity index (χ2v) is 3.88. The molecule has 6 heteroatoms. The van der Waals surface area contributed by atoms with Gasteiger partial charge in [0, 0.05) is 27.9 Å². The highest BCUT2D eigenvalue weighted by atomic mass is 19.1. The van der Waals surface area contributed by atoms with E-state index in [4.69, 9.17) is 5.53 Å². The number of hydrogen-bond acceptors (Lipinski definition) is 2. The summed E-state index contributed by atoms with van der Waals surface area (Å²) in [5.74, 6) is -1.36. The Morgan fingerprint density at radius 1 is 1.37 bits per heavy atom. The third-order valence-corrected chi connectivity index (χ3v) is 2.56. The first-order valence-electron chi connectivity index (χ1n) is 5.44. The normalized spacial score (nSPS) is 9.79. The maximum atomic E-state index is 14.0. The van der Waals surface area contributed by atoms with E-state index < -0.39 is 11.7 Å². The first-order valence-corrected chi connectivity index (χ1v) is 5.44. The van der Waals surface area contributed by atoms with Crippen LogP contribution in [0.1, 0.15) is 16.1 Å². The molecule has 0 saturated heterocycles. The Balaban J connectivity index is 2.45. The molecule has 2 aromatic rings. The predicted octanol–water partition coefficient (Wildman–Crippen LogP) is 3.65. The number of azide groups is 1. The van der Waals surface area contributed by atoms with Crippen molar-refractivity contribution >= 4 is 5.91 Å². The molecular weight excluding hydrogens is 247 g/mol. The van der Waals surface area contributed by atoms with E-state index in [9.17, 15) is 9.18 Å². The minimum absolute atomic E-state index is 0.0184. The van der Waals surface area contributed by atoms with Crippen molar-refractivity contribution in [3.05, 3.63) is 64.0 Å². The molecule has 0 aliphatic carbocycles. The van der Waals surface area contributed by atoms with Crippen LogP contribution >= 0.6 is 0 Å². The van der Waals surface area contributed by atoms with E-state index in [2.05, 4.69) is 15.0 Å². The van der Waals surface area contributed by atoms with Crippen molar-refractivity contribution in [3.63, 3.8) is 0 Å².